The van der Waals surface area contributed by atoms with Crippen LogP contribution in [-0.4, -0.2) is 48.8 Å². The maximum atomic E-state index is 13.2. The van der Waals surface area contributed by atoms with Gasteiger partial charge in [-0.25, -0.2) is 9.18 Å². The SMILES string of the molecule is CC.CCOC(=O)c1c(C2SC2NC)nc(CC(C)C)c(C(N)=O)c1-c1ccc(C(=O)NC)s1.Cc1ccc(F)cc1. The van der Waals surface area contributed by atoms with Crippen molar-refractivity contribution in [3.05, 3.63) is 75.2 Å². The van der Waals surface area contributed by atoms with Crippen molar-refractivity contribution in [2.75, 3.05) is 20.7 Å². The summed E-state index contributed by atoms with van der Waals surface area (Å²) in [6.07, 6.45) is 0.524. The minimum Gasteiger partial charge on any atom is -0.462 e. The summed E-state index contributed by atoms with van der Waals surface area (Å²) in [5.74, 6) is -1.42. The lowest BCUT2D eigenvalue weighted by Gasteiger charge is -2.19. The van der Waals surface area contributed by atoms with Gasteiger partial charge in [-0.15, -0.1) is 23.1 Å². The molecule has 4 N–H and O–H groups in total. The number of nitrogens with one attached hydrogen (secondary N) is 2. The standard InChI is InChI=1S/C22H28N4O4S2.C7H7F.C2H6/c1-6-30-22(29)16-15(12-7-8-13(31-12)20(28)24-4)14(19(23)27)11(9-10(2)3)26-17(16)18-21(25-5)32-18;1-6-2-4-7(8)5-3-6;1-2/h7-8,10,18,21,25H,6,9H2,1-5H3,(H2,23,27)(H,24,28);2-5H,1H3;1-2H3. The number of halogens is 1. The number of likely N-dealkylation sites (N-methyl/N-ethyl adjacent to an activating group) is 1. The Balaban J connectivity index is 0.000000525. The molecule has 3 aromatic rings. The Morgan fingerprint density at radius 1 is 1.07 bits per heavy atom. The largest absolute Gasteiger partial charge is 0.462 e. The van der Waals surface area contributed by atoms with Crippen molar-refractivity contribution in [2.45, 2.75) is 58.6 Å². The fraction of sp³-hybridized carbons (Fsp3) is 0.419. The van der Waals surface area contributed by atoms with Gasteiger partial charge in [0.15, 0.2) is 0 Å². The predicted octanol–water partition coefficient (Wildman–Crippen LogP) is 6.14. The third-order valence-electron chi connectivity index (χ3n) is 5.99. The molecule has 2 atom stereocenters. The van der Waals surface area contributed by atoms with Crippen molar-refractivity contribution in [3.63, 3.8) is 0 Å². The van der Waals surface area contributed by atoms with Gasteiger partial charge in [-0.1, -0.05) is 45.4 Å². The van der Waals surface area contributed by atoms with Gasteiger partial charge in [0.05, 0.1) is 44.6 Å². The monoisotopic (exact) mass is 616 g/mol. The molecule has 0 radical (unpaired) electrons. The number of pyridine rings is 1. The normalized spacial score (nSPS) is 15.1. The lowest BCUT2D eigenvalue weighted by Crippen LogP contribution is -2.23. The van der Waals surface area contributed by atoms with Crippen molar-refractivity contribution >= 4 is 40.9 Å². The second-order valence-corrected chi connectivity index (χ2v) is 11.9. The third kappa shape index (κ3) is 8.86. The highest BCUT2D eigenvalue weighted by Crippen LogP contribution is 2.55. The van der Waals surface area contributed by atoms with Gasteiger partial charge in [0.2, 0.25) is 0 Å². The molecule has 2 aromatic heterocycles. The summed E-state index contributed by atoms with van der Waals surface area (Å²) in [4.78, 5) is 43.9. The number of carbonyl (C=O) groups excluding carboxylic acids is 3. The van der Waals surface area contributed by atoms with Gasteiger partial charge < -0.3 is 21.1 Å². The van der Waals surface area contributed by atoms with Gasteiger partial charge in [0, 0.05) is 17.5 Å². The number of hydrogen-bond donors (Lipinski definition) is 3. The molecule has 8 nitrogen and oxygen atoms in total. The lowest BCUT2D eigenvalue weighted by molar-refractivity contribution is 0.0525. The Labute approximate surface area is 256 Å². The second kappa shape index (κ2) is 16.4. The summed E-state index contributed by atoms with van der Waals surface area (Å²) in [6, 6.07) is 9.80. The number of benzene rings is 1. The van der Waals surface area contributed by atoms with E-state index in [9.17, 15) is 18.8 Å². The van der Waals surface area contributed by atoms with Gasteiger partial charge in [-0.3, -0.25) is 14.6 Å². The van der Waals surface area contributed by atoms with Crippen LogP contribution in [0.25, 0.3) is 10.4 Å². The van der Waals surface area contributed by atoms with Gasteiger partial charge in [0.25, 0.3) is 11.8 Å². The topological polar surface area (TPSA) is 123 Å². The first-order valence-electron chi connectivity index (χ1n) is 13.9. The number of rotatable bonds is 9. The first kappa shape index (κ1) is 34.9. The van der Waals surface area contributed by atoms with E-state index in [-0.39, 0.29) is 46.0 Å². The van der Waals surface area contributed by atoms with Crippen LogP contribution in [0.2, 0.25) is 0 Å². The molecule has 2 amide bonds. The quantitative estimate of drug-likeness (QED) is 0.195. The number of thiophene rings is 1. The summed E-state index contributed by atoms with van der Waals surface area (Å²) in [6.45, 7) is 11.9. The number of esters is 1. The summed E-state index contributed by atoms with van der Waals surface area (Å²) >= 11 is 2.84. The summed E-state index contributed by atoms with van der Waals surface area (Å²) < 4.78 is 17.5. The molecule has 0 aliphatic carbocycles. The molecule has 1 aliphatic rings. The van der Waals surface area contributed by atoms with E-state index in [1.807, 2.05) is 41.7 Å². The Morgan fingerprint density at radius 3 is 2.19 bits per heavy atom. The number of amides is 2. The molecule has 1 fully saturated rings. The highest BCUT2D eigenvalue weighted by Gasteiger charge is 2.44. The summed E-state index contributed by atoms with van der Waals surface area (Å²) in [5, 5.41) is 5.85. The molecule has 1 saturated heterocycles. The van der Waals surface area contributed by atoms with E-state index in [4.69, 9.17) is 15.5 Å². The van der Waals surface area contributed by atoms with E-state index in [2.05, 4.69) is 10.6 Å². The average Bonchev–Trinajstić information content (AvgIpc) is 3.59. The fourth-order valence-electron chi connectivity index (χ4n) is 4.11. The van der Waals surface area contributed by atoms with E-state index in [0.29, 0.717) is 33.1 Å². The van der Waals surface area contributed by atoms with Crippen LogP contribution in [0.4, 0.5) is 4.39 Å². The number of ether oxygens (including phenoxy) is 1. The van der Waals surface area contributed by atoms with Crippen LogP contribution < -0.4 is 16.4 Å². The Morgan fingerprint density at radius 2 is 1.71 bits per heavy atom. The molecule has 0 saturated carbocycles. The number of nitrogens with zero attached hydrogens (tertiary/aromatic N) is 1. The van der Waals surface area contributed by atoms with E-state index >= 15 is 0 Å². The Bertz CT molecular complexity index is 1360. The highest BCUT2D eigenvalue weighted by atomic mass is 32.2. The number of nitrogens with two attached hydrogens (primary N) is 1. The van der Waals surface area contributed by atoms with Crippen LogP contribution in [-0.2, 0) is 11.2 Å². The Kier molecular flexibility index (Phi) is 13.6. The number of aryl methyl sites for hydroxylation is 1. The highest BCUT2D eigenvalue weighted by molar-refractivity contribution is 8.07. The molecule has 228 valence electrons. The minimum atomic E-state index is -0.663. The van der Waals surface area contributed by atoms with Gasteiger partial charge in [0.1, 0.15) is 5.82 Å². The molecular formula is C31H41FN4O4S2. The maximum absolute atomic E-state index is 13.2. The van der Waals surface area contributed by atoms with Crippen molar-refractivity contribution in [1.29, 1.82) is 0 Å². The molecule has 1 aliphatic heterocycles. The minimum absolute atomic E-state index is 0.0515. The van der Waals surface area contributed by atoms with Crippen molar-refractivity contribution in [1.82, 2.24) is 15.6 Å². The van der Waals surface area contributed by atoms with Gasteiger partial charge in [-0.2, -0.15) is 0 Å². The predicted molar refractivity (Wildman–Crippen MR) is 170 cm³/mol. The van der Waals surface area contributed by atoms with Crippen molar-refractivity contribution in [2.24, 2.45) is 11.7 Å². The molecule has 11 heteroatoms. The van der Waals surface area contributed by atoms with Crippen LogP contribution in [0, 0.1) is 18.7 Å². The number of aromatic nitrogens is 1. The Hall–Kier alpha value is -3.28. The van der Waals surface area contributed by atoms with E-state index in [0.717, 1.165) is 5.56 Å². The molecule has 4 rings (SSSR count). The molecule has 3 heterocycles. The first-order chi connectivity index (χ1) is 20.0. The molecule has 42 heavy (non-hydrogen) atoms. The van der Waals surface area contributed by atoms with Crippen molar-refractivity contribution < 1.29 is 23.5 Å². The van der Waals surface area contributed by atoms with Crippen molar-refractivity contribution in [3.8, 4) is 10.4 Å². The molecular weight excluding hydrogens is 575 g/mol. The van der Waals surface area contributed by atoms with Crippen LogP contribution in [0.3, 0.4) is 0 Å². The van der Waals surface area contributed by atoms with E-state index in [1.54, 1.807) is 50.0 Å². The molecule has 0 spiro atoms. The summed E-state index contributed by atoms with van der Waals surface area (Å²) in [5.41, 5.74) is 8.92. The molecule has 1 aromatic carbocycles. The summed E-state index contributed by atoms with van der Waals surface area (Å²) in [7, 11) is 3.40. The number of carbonyl (C=O) groups is 3. The lowest BCUT2D eigenvalue weighted by atomic mass is 9.92. The average molecular weight is 617 g/mol. The smallest absolute Gasteiger partial charge is 0.340 e. The van der Waals surface area contributed by atoms with Crippen LogP contribution >= 0.6 is 23.1 Å². The third-order valence-corrected chi connectivity index (χ3v) is 8.36. The van der Waals surface area contributed by atoms with Crippen LogP contribution in [0.15, 0.2) is 36.4 Å². The zero-order chi connectivity index (χ0) is 31.6. The molecule has 2 unspecified atom stereocenters. The second-order valence-electron chi connectivity index (χ2n) is 9.56. The van der Waals surface area contributed by atoms with Gasteiger partial charge in [-0.05, 0) is 57.5 Å². The zero-order valence-corrected chi connectivity index (χ0v) is 27.1. The van der Waals surface area contributed by atoms with Crippen LogP contribution in [0.1, 0.15) is 87.2 Å². The zero-order valence-electron chi connectivity index (χ0n) is 25.5. The maximum Gasteiger partial charge on any atom is 0.340 e. The fourth-order valence-corrected chi connectivity index (χ4v) is 6.04. The van der Waals surface area contributed by atoms with E-state index < -0.39 is 11.9 Å². The van der Waals surface area contributed by atoms with Crippen LogP contribution in [0.5, 0.6) is 0 Å². The molecule has 0 bridgehead atoms. The van der Waals surface area contributed by atoms with Gasteiger partial charge >= 0.3 is 5.97 Å². The first-order valence-corrected chi connectivity index (χ1v) is 15.7. The number of hydrogen-bond acceptors (Lipinski definition) is 8. The number of primary amides is 1. The number of thioether (sulfide) groups is 1. The van der Waals surface area contributed by atoms with E-state index in [1.165, 1.54) is 23.5 Å².